The van der Waals surface area contributed by atoms with Crippen molar-refractivity contribution in [3.05, 3.63) is 23.9 Å². The lowest BCUT2D eigenvalue weighted by Gasteiger charge is -2.13. The van der Waals surface area contributed by atoms with Gasteiger partial charge in [-0.3, -0.25) is 0 Å². The average Bonchev–Trinajstić information content (AvgIpc) is 2.26. The van der Waals surface area contributed by atoms with Crippen molar-refractivity contribution in [1.82, 2.24) is 10.3 Å². The molecule has 0 aliphatic carbocycles. The van der Waals surface area contributed by atoms with E-state index in [1.54, 1.807) is 6.07 Å². The molecule has 0 amide bonds. The Balaban J connectivity index is 2.56. The maximum Gasteiger partial charge on any atom is 0.422 e. The first-order valence-electron chi connectivity index (χ1n) is 5.31. The summed E-state index contributed by atoms with van der Waals surface area (Å²) in [6, 6.07) is 3.25. The number of hydrogen-bond acceptors (Lipinski definition) is 3. The van der Waals surface area contributed by atoms with Gasteiger partial charge >= 0.3 is 6.18 Å². The van der Waals surface area contributed by atoms with Crippen molar-refractivity contribution in [3.8, 4) is 5.88 Å². The van der Waals surface area contributed by atoms with Crippen LogP contribution in [0.5, 0.6) is 5.88 Å². The molecule has 0 aliphatic heterocycles. The van der Waals surface area contributed by atoms with Gasteiger partial charge in [-0.2, -0.15) is 13.2 Å². The highest BCUT2D eigenvalue weighted by molar-refractivity contribution is 5.20. The molecule has 0 fully saturated rings. The Labute approximate surface area is 98.0 Å². The minimum atomic E-state index is -4.34. The van der Waals surface area contributed by atoms with Crippen molar-refractivity contribution in [2.24, 2.45) is 0 Å². The number of ether oxygens (including phenoxy) is 1. The second kappa shape index (κ2) is 5.86. The Morgan fingerprint density at radius 2 is 2.12 bits per heavy atom. The van der Waals surface area contributed by atoms with Crippen LogP contribution in [0.15, 0.2) is 18.3 Å². The summed E-state index contributed by atoms with van der Waals surface area (Å²) in [7, 11) is 0. The third-order valence-electron chi connectivity index (χ3n) is 2.15. The van der Waals surface area contributed by atoms with Gasteiger partial charge in [0.1, 0.15) is 0 Å². The second-order valence-electron chi connectivity index (χ2n) is 3.61. The molecule has 0 saturated heterocycles. The van der Waals surface area contributed by atoms with E-state index >= 15 is 0 Å². The van der Waals surface area contributed by atoms with Gasteiger partial charge in [-0.1, -0.05) is 13.0 Å². The molecule has 1 rings (SSSR count). The van der Waals surface area contributed by atoms with Crippen LogP contribution in [0, 0.1) is 0 Å². The standard InChI is InChI=1S/C11H15F3N2O/c1-3-15-8(2)9-4-5-10(16-6-9)17-7-11(12,13)14/h4-6,8,15H,3,7H2,1-2H3. The summed E-state index contributed by atoms with van der Waals surface area (Å²) >= 11 is 0. The van der Waals surface area contributed by atoms with Crippen molar-refractivity contribution in [2.75, 3.05) is 13.2 Å². The molecule has 1 aromatic heterocycles. The molecule has 1 heterocycles. The maximum absolute atomic E-state index is 11.9. The fraction of sp³-hybridized carbons (Fsp3) is 0.545. The molecular weight excluding hydrogens is 233 g/mol. The maximum atomic E-state index is 11.9. The van der Waals surface area contributed by atoms with E-state index in [1.807, 2.05) is 13.8 Å². The van der Waals surface area contributed by atoms with Gasteiger partial charge < -0.3 is 10.1 Å². The predicted octanol–water partition coefficient (Wildman–Crippen LogP) is 2.69. The molecule has 3 nitrogen and oxygen atoms in total. The van der Waals surface area contributed by atoms with Crippen LogP contribution in [-0.4, -0.2) is 24.3 Å². The lowest BCUT2D eigenvalue weighted by Crippen LogP contribution is -2.20. The van der Waals surface area contributed by atoms with E-state index in [0.717, 1.165) is 12.1 Å². The molecule has 17 heavy (non-hydrogen) atoms. The third-order valence-corrected chi connectivity index (χ3v) is 2.15. The smallest absolute Gasteiger partial charge is 0.422 e. The highest BCUT2D eigenvalue weighted by Gasteiger charge is 2.28. The van der Waals surface area contributed by atoms with E-state index in [0.29, 0.717) is 0 Å². The van der Waals surface area contributed by atoms with E-state index in [-0.39, 0.29) is 11.9 Å². The summed E-state index contributed by atoms with van der Waals surface area (Å²) in [6.45, 7) is 3.43. The first kappa shape index (κ1) is 13.8. The number of alkyl halides is 3. The van der Waals surface area contributed by atoms with Crippen LogP contribution >= 0.6 is 0 Å². The van der Waals surface area contributed by atoms with Crippen LogP contribution < -0.4 is 10.1 Å². The van der Waals surface area contributed by atoms with Gasteiger partial charge in [0.15, 0.2) is 6.61 Å². The number of nitrogens with one attached hydrogen (secondary N) is 1. The van der Waals surface area contributed by atoms with Crippen molar-refractivity contribution in [1.29, 1.82) is 0 Å². The van der Waals surface area contributed by atoms with Crippen molar-refractivity contribution < 1.29 is 17.9 Å². The largest absolute Gasteiger partial charge is 0.468 e. The van der Waals surface area contributed by atoms with Crippen LogP contribution in [0.2, 0.25) is 0 Å². The molecule has 1 unspecified atom stereocenters. The molecule has 1 N–H and O–H groups in total. The number of hydrogen-bond donors (Lipinski definition) is 1. The molecule has 1 atom stereocenters. The highest BCUT2D eigenvalue weighted by atomic mass is 19.4. The highest BCUT2D eigenvalue weighted by Crippen LogP contribution is 2.18. The van der Waals surface area contributed by atoms with Crippen LogP contribution in [0.25, 0.3) is 0 Å². The lowest BCUT2D eigenvalue weighted by molar-refractivity contribution is -0.154. The van der Waals surface area contributed by atoms with Crippen molar-refractivity contribution in [3.63, 3.8) is 0 Å². The lowest BCUT2D eigenvalue weighted by atomic mass is 10.1. The molecule has 0 bridgehead atoms. The minimum Gasteiger partial charge on any atom is -0.468 e. The van der Waals surface area contributed by atoms with Gasteiger partial charge in [0.25, 0.3) is 0 Å². The number of rotatable bonds is 5. The number of halogens is 3. The Morgan fingerprint density at radius 1 is 1.41 bits per heavy atom. The normalized spacial score (nSPS) is 13.5. The minimum absolute atomic E-state index is 0.0187. The fourth-order valence-corrected chi connectivity index (χ4v) is 1.31. The van der Waals surface area contributed by atoms with Crippen LogP contribution in [0.4, 0.5) is 13.2 Å². The van der Waals surface area contributed by atoms with Crippen LogP contribution in [0.3, 0.4) is 0 Å². The zero-order valence-corrected chi connectivity index (χ0v) is 9.71. The molecule has 6 heteroatoms. The molecular formula is C11H15F3N2O. The monoisotopic (exact) mass is 248 g/mol. The van der Waals surface area contributed by atoms with Gasteiger partial charge in [-0.05, 0) is 19.0 Å². The van der Waals surface area contributed by atoms with Crippen molar-refractivity contribution >= 4 is 0 Å². The van der Waals surface area contributed by atoms with Gasteiger partial charge in [-0.15, -0.1) is 0 Å². The predicted molar refractivity (Wildman–Crippen MR) is 57.9 cm³/mol. The molecule has 96 valence electrons. The molecule has 0 saturated carbocycles. The molecule has 0 radical (unpaired) electrons. The van der Waals surface area contributed by atoms with E-state index in [1.165, 1.54) is 12.3 Å². The Hall–Kier alpha value is -1.30. The second-order valence-corrected chi connectivity index (χ2v) is 3.61. The van der Waals surface area contributed by atoms with Crippen LogP contribution in [0.1, 0.15) is 25.5 Å². The number of pyridine rings is 1. The van der Waals surface area contributed by atoms with E-state index < -0.39 is 12.8 Å². The Bertz CT molecular complexity index is 338. The molecule has 1 aromatic rings. The van der Waals surface area contributed by atoms with Crippen molar-refractivity contribution in [2.45, 2.75) is 26.1 Å². The van der Waals surface area contributed by atoms with Gasteiger partial charge in [0.05, 0.1) is 0 Å². The first-order valence-corrected chi connectivity index (χ1v) is 5.31. The zero-order chi connectivity index (χ0) is 12.9. The van der Waals surface area contributed by atoms with Gasteiger partial charge in [0.2, 0.25) is 5.88 Å². The topological polar surface area (TPSA) is 34.1 Å². The summed E-state index contributed by atoms with van der Waals surface area (Å²) in [6.07, 6.45) is -2.82. The van der Waals surface area contributed by atoms with Gasteiger partial charge in [0, 0.05) is 18.3 Å². The van der Waals surface area contributed by atoms with Gasteiger partial charge in [-0.25, -0.2) is 4.98 Å². The zero-order valence-electron chi connectivity index (χ0n) is 9.71. The fourth-order valence-electron chi connectivity index (χ4n) is 1.31. The molecule has 0 aliphatic rings. The third kappa shape index (κ3) is 5.04. The molecule has 0 aromatic carbocycles. The summed E-state index contributed by atoms with van der Waals surface area (Å²) in [5.74, 6) is -0.0187. The van der Waals surface area contributed by atoms with E-state index in [9.17, 15) is 13.2 Å². The summed E-state index contributed by atoms with van der Waals surface area (Å²) in [5, 5.41) is 3.18. The quantitative estimate of drug-likeness (QED) is 0.870. The van der Waals surface area contributed by atoms with Crippen LogP contribution in [-0.2, 0) is 0 Å². The summed E-state index contributed by atoms with van der Waals surface area (Å²) in [4.78, 5) is 3.82. The Kier molecular flexibility index (Phi) is 4.74. The summed E-state index contributed by atoms with van der Waals surface area (Å²) in [5.41, 5.74) is 0.909. The number of nitrogens with zero attached hydrogens (tertiary/aromatic N) is 1. The SMILES string of the molecule is CCNC(C)c1ccc(OCC(F)(F)F)nc1. The summed E-state index contributed by atoms with van der Waals surface area (Å²) < 4.78 is 40.2. The molecule has 0 spiro atoms. The number of aromatic nitrogens is 1. The Morgan fingerprint density at radius 3 is 2.59 bits per heavy atom. The van der Waals surface area contributed by atoms with E-state index in [4.69, 9.17) is 0 Å². The average molecular weight is 248 g/mol. The van der Waals surface area contributed by atoms with E-state index in [2.05, 4.69) is 15.0 Å². The first-order chi connectivity index (χ1) is 7.92.